The molecule has 1 fully saturated rings. The van der Waals surface area contributed by atoms with E-state index in [1.807, 2.05) is 6.07 Å². The first-order valence-corrected chi connectivity index (χ1v) is 9.17. The zero-order chi connectivity index (χ0) is 18.1. The number of hydrogen-bond donors (Lipinski definition) is 2. The maximum absolute atomic E-state index is 5.37. The Bertz CT molecular complexity index is 546. The molecule has 1 aromatic rings. The van der Waals surface area contributed by atoms with Gasteiger partial charge in [-0.15, -0.1) is 24.0 Å². The second kappa shape index (κ2) is 12.2. The quantitative estimate of drug-likeness (QED) is 0.344. The summed E-state index contributed by atoms with van der Waals surface area (Å²) < 4.78 is 10.7. The number of guanidine groups is 1. The smallest absolute Gasteiger partial charge is 0.191 e. The number of ether oxygens (including phenoxy) is 2. The Hall–Kier alpha value is -1.22. The summed E-state index contributed by atoms with van der Waals surface area (Å²) in [6.45, 7) is 8.97. The fraction of sp³-hybridized carbons (Fsp3) is 0.632. The minimum absolute atomic E-state index is 0. The highest BCUT2D eigenvalue weighted by Crippen LogP contribution is 2.24. The monoisotopic (exact) mass is 476 g/mol. The normalized spacial score (nSPS) is 17.5. The molecule has 7 heteroatoms. The Balaban J connectivity index is 0.00000338. The molecule has 2 N–H and O–H groups in total. The summed E-state index contributed by atoms with van der Waals surface area (Å²) in [4.78, 5) is 7.05. The van der Waals surface area contributed by atoms with Gasteiger partial charge < -0.3 is 20.1 Å². The number of hydrogen-bond acceptors (Lipinski definition) is 4. The Labute approximate surface area is 174 Å². The number of nitrogens with one attached hydrogen (secondary N) is 2. The highest BCUT2D eigenvalue weighted by Gasteiger charge is 2.23. The van der Waals surface area contributed by atoms with Crippen LogP contribution in [0.4, 0.5) is 0 Å². The highest BCUT2D eigenvalue weighted by molar-refractivity contribution is 14.0. The molecule has 6 nitrogen and oxygen atoms in total. The Morgan fingerprint density at radius 2 is 1.88 bits per heavy atom. The van der Waals surface area contributed by atoms with Gasteiger partial charge in [0.1, 0.15) is 11.5 Å². The average Bonchev–Trinajstić information content (AvgIpc) is 3.06. The molecule has 0 aliphatic carbocycles. The summed E-state index contributed by atoms with van der Waals surface area (Å²) in [5.74, 6) is 2.60. The van der Waals surface area contributed by atoms with E-state index in [-0.39, 0.29) is 24.0 Å². The zero-order valence-corrected chi connectivity index (χ0v) is 18.7. The number of likely N-dealkylation sites (tertiary alicyclic amines) is 1. The Morgan fingerprint density at radius 3 is 2.46 bits per heavy atom. The second-order valence-corrected chi connectivity index (χ2v) is 6.35. The molecule has 1 aliphatic heterocycles. The fourth-order valence-electron chi connectivity index (χ4n) is 3.05. The Kier molecular flexibility index (Phi) is 10.7. The van der Waals surface area contributed by atoms with Crippen molar-refractivity contribution in [2.24, 2.45) is 4.99 Å². The molecule has 0 spiro atoms. The first-order chi connectivity index (χ1) is 12.2. The van der Waals surface area contributed by atoms with E-state index in [4.69, 9.17) is 9.47 Å². The van der Waals surface area contributed by atoms with Crippen LogP contribution in [0.5, 0.6) is 11.5 Å². The predicted octanol–water partition coefficient (Wildman–Crippen LogP) is 2.86. The van der Waals surface area contributed by atoms with Crippen molar-refractivity contribution in [3.05, 3.63) is 23.8 Å². The van der Waals surface area contributed by atoms with Crippen molar-refractivity contribution < 1.29 is 9.47 Å². The lowest BCUT2D eigenvalue weighted by atomic mass is 10.2. The number of nitrogens with zero attached hydrogens (tertiary/aromatic N) is 2. The summed E-state index contributed by atoms with van der Waals surface area (Å²) in [7, 11) is 3.37. The van der Waals surface area contributed by atoms with Crippen LogP contribution in [0.2, 0.25) is 0 Å². The maximum atomic E-state index is 5.37. The summed E-state index contributed by atoms with van der Waals surface area (Å²) in [5.41, 5.74) is 1.21. The van der Waals surface area contributed by atoms with Gasteiger partial charge in [-0.05, 0) is 37.5 Å². The van der Waals surface area contributed by atoms with E-state index in [0.717, 1.165) is 63.0 Å². The van der Waals surface area contributed by atoms with Crippen LogP contribution in [0.15, 0.2) is 23.2 Å². The third kappa shape index (κ3) is 7.19. The van der Waals surface area contributed by atoms with Crippen LogP contribution in [-0.4, -0.2) is 57.3 Å². The van der Waals surface area contributed by atoms with E-state index in [1.165, 1.54) is 5.56 Å². The fourth-order valence-corrected chi connectivity index (χ4v) is 3.05. The lowest BCUT2D eigenvalue weighted by molar-refractivity contribution is 0.321. The van der Waals surface area contributed by atoms with Crippen LogP contribution in [0.25, 0.3) is 0 Å². The van der Waals surface area contributed by atoms with Gasteiger partial charge in [0.2, 0.25) is 0 Å². The summed E-state index contributed by atoms with van der Waals surface area (Å²) in [6.07, 6.45) is 2.18. The van der Waals surface area contributed by atoms with E-state index >= 15 is 0 Å². The van der Waals surface area contributed by atoms with Gasteiger partial charge in [-0.1, -0.05) is 6.92 Å². The maximum Gasteiger partial charge on any atom is 0.191 e. The van der Waals surface area contributed by atoms with Gasteiger partial charge >= 0.3 is 0 Å². The molecule has 0 amide bonds. The number of benzene rings is 1. The second-order valence-electron chi connectivity index (χ2n) is 6.35. The summed E-state index contributed by atoms with van der Waals surface area (Å²) in [6, 6.07) is 6.50. The van der Waals surface area contributed by atoms with E-state index < -0.39 is 0 Å². The van der Waals surface area contributed by atoms with Crippen LogP contribution >= 0.6 is 24.0 Å². The highest BCUT2D eigenvalue weighted by atomic mass is 127. The molecule has 0 radical (unpaired) electrons. The molecule has 0 aromatic heterocycles. The average molecular weight is 476 g/mol. The van der Waals surface area contributed by atoms with Crippen molar-refractivity contribution in [1.29, 1.82) is 0 Å². The number of halogens is 1. The predicted molar refractivity (Wildman–Crippen MR) is 118 cm³/mol. The number of aliphatic imine (C=N–C) groups is 1. The first-order valence-electron chi connectivity index (χ1n) is 9.17. The molecule has 1 aliphatic rings. The molecule has 148 valence electrons. The first kappa shape index (κ1) is 22.8. The topological polar surface area (TPSA) is 58.1 Å². The Morgan fingerprint density at radius 1 is 1.19 bits per heavy atom. The van der Waals surface area contributed by atoms with Crippen molar-refractivity contribution in [1.82, 2.24) is 15.5 Å². The molecule has 0 bridgehead atoms. The van der Waals surface area contributed by atoms with E-state index in [9.17, 15) is 0 Å². The minimum atomic E-state index is 0. The van der Waals surface area contributed by atoms with Crippen LogP contribution in [0, 0.1) is 0 Å². The van der Waals surface area contributed by atoms with Gasteiger partial charge in [0.25, 0.3) is 0 Å². The minimum Gasteiger partial charge on any atom is -0.497 e. The third-order valence-electron chi connectivity index (χ3n) is 4.27. The lowest BCUT2D eigenvalue weighted by Crippen LogP contribution is -2.44. The van der Waals surface area contributed by atoms with E-state index in [1.54, 1.807) is 14.2 Å². The SMILES string of the molecule is CCCN=C(NCC)NC1CCN(Cc2cc(OC)cc(OC)c2)C1.I. The molecule has 0 saturated carbocycles. The van der Waals surface area contributed by atoms with Crippen LogP contribution < -0.4 is 20.1 Å². The molecule has 1 heterocycles. The molecule has 1 aromatic carbocycles. The summed E-state index contributed by atoms with van der Waals surface area (Å²) in [5, 5.41) is 6.89. The van der Waals surface area contributed by atoms with Gasteiger partial charge in [0, 0.05) is 44.8 Å². The van der Waals surface area contributed by atoms with Crippen molar-refractivity contribution in [2.75, 3.05) is 40.4 Å². The molecule has 1 saturated heterocycles. The lowest BCUT2D eigenvalue weighted by Gasteiger charge is -2.19. The van der Waals surface area contributed by atoms with E-state index in [2.05, 4.69) is 46.5 Å². The van der Waals surface area contributed by atoms with Gasteiger partial charge in [0.15, 0.2) is 5.96 Å². The van der Waals surface area contributed by atoms with Crippen molar-refractivity contribution in [3.63, 3.8) is 0 Å². The van der Waals surface area contributed by atoms with Crippen LogP contribution in [0.3, 0.4) is 0 Å². The zero-order valence-electron chi connectivity index (χ0n) is 16.4. The van der Waals surface area contributed by atoms with Crippen LogP contribution in [-0.2, 0) is 6.54 Å². The van der Waals surface area contributed by atoms with E-state index in [0.29, 0.717) is 6.04 Å². The van der Waals surface area contributed by atoms with Gasteiger partial charge in [-0.25, -0.2) is 0 Å². The van der Waals surface area contributed by atoms with Crippen LogP contribution in [0.1, 0.15) is 32.3 Å². The largest absolute Gasteiger partial charge is 0.497 e. The number of methoxy groups -OCH3 is 2. The third-order valence-corrected chi connectivity index (χ3v) is 4.27. The van der Waals surface area contributed by atoms with Crippen molar-refractivity contribution in [2.45, 2.75) is 39.3 Å². The van der Waals surface area contributed by atoms with Crippen molar-refractivity contribution in [3.8, 4) is 11.5 Å². The standard InChI is InChI=1S/C19H32N4O2.HI/c1-5-8-21-19(20-6-2)22-16-7-9-23(14-16)13-15-10-17(24-3)12-18(11-15)25-4;/h10-12,16H,5-9,13-14H2,1-4H3,(H2,20,21,22);1H. The summed E-state index contributed by atoms with van der Waals surface area (Å²) >= 11 is 0. The molecule has 2 rings (SSSR count). The van der Waals surface area contributed by atoms with Gasteiger partial charge in [-0.2, -0.15) is 0 Å². The van der Waals surface area contributed by atoms with Crippen molar-refractivity contribution >= 4 is 29.9 Å². The van der Waals surface area contributed by atoms with Gasteiger partial charge in [-0.3, -0.25) is 9.89 Å². The molecular weight excluding hydrogens is 443 g/mol. The van der Waals surface area contributed by atoms with Gasteiger partial charge in [0.05, 0.1) is 14.2 Å². The molecule has 26 heavy (non-hydrogen) atoms. The molecular formula is C19H33IN4O2. The molecule has 1 atom stereocenters. The molecule has 1 unspecified atom stereocenters. The number of rotatable bonds is 8.